The second kappa shape index (κ2) is 6.50. The van der Waals surface area contributed by atoms with E-state index in [1.807, 2.05) is 0 Å². The van der Waals surface area contributed by atoms with Crippen LogP contribution < -0.4 is 0 Å². The lowest BCUT2D eigenvalue weighted by Gasteiger charge is -2.11. The molecule has 0 bridgehead atoms. The van der Waals surface area contributed by atoms with Crippen LogP contribution in [-0.2, 0) is 27.5 Å². The van der Waals surface area contributed by atoms with Gasteiger partial charge in [0, 0.05) is 19.8 Å². The highest BCUT2D eigenvalue weighted by atomic mass is 33.1. The normalized spacial score (nSPS) is 15.0. The Morgan fingerprint density at radius 1 is 1.18 bits per heavy atom. The highest BCUT2D eigenvalue weighted by molar-refractivity contribution is 8.73. The van der Waals surface area contributed by atoms with Gasteiger partial charge >= 0.3 is 11.9 Å². The van der Waals surface area contributed by atoms with Gasteiger partial charge in [-0.2, -0.15) is 0 Å². The van der Waals surface area contributed by atoms with Crippen molar-refractivity contribution in [3.63, 3.8) is 0 Å². The second-order valence-corrected chi connectivity index (χ2v) is 4.46. The first kappa shape index (κ1) is 13.8. The molecule has 0 aromatic carbocycles. The van der Waals surface area contributed by atoms with Crippen molar-refractivity contribution in [2.75, 3.05) is 6.54 Å². The topological polar surface area (TPSA) is 90.0 Å². The van der Waals surface area contributed by atoms with Crippen LogP contribution in [0.3, 0.4) is 0 Å². The summed E-state index contributed by atoms with van der Waals surface area (Å²) in [6, 6.07) is 0. The molecule has 1 fully saturated rings. The van der Waals surface area contributed by atoms with Gasteiger partial charge < -0.3 is 8.37 Å². The Hall–Kier alpha value is -1.22. The first-order chi connectivity index (χ1) is 8.00. The molecule has 1 aliphatic heterocycles. The minimum atomic E-state index is -0.752. The van der Waals surface area contributed by atoms with Crippen molar-refractivity contribution in [2.24, 2.45) is 0 Å². The van der Waals surface area contributed by atoms with Crippen molar-refractivity contribution < 1.29 is 27.5 Å². The zero-order chi connectivity index (χ0) is 12.8. The Labute approximate surface area is 105 Å². The van der Waals surface area contributed by atoms with Crippen LogP contribution in [0.2, 0.25) is 0 Å². The predicted octanol–water partition coefficient (Wildman–Crippen LogP) is 0.453. The maximum atomic E-state index is 11.2. The van der Waals surface area contributed by atoms with Gasteiger partial charge in [-0.25, -0.2) is 4.79 Å². The molecule has 94 valence electrons. The van der Waals surface area contributed by atoms with Gasteiger partial charge in [0.2, 0.25) is 11.8 Å². The maximum absolute atomic E-state index is 11.2. The van der Waals surface area contributed by atoms with Crippen LogP contribution in [0.15, 0.2) is 0 Å². The third kappa shape index (κ3) is 4.65. The molecular formula is C8H9NO6S2. The van der Waals surface area contributed by atoms with Gasteiger partial charge in [0.1, 0.15) is 6.54 Å². The maximum Gasteiger partial charge on any atom is 0.339 e. The molecule has 0 N–H and O–H groups in total. The molecule has 1 rings (SSSR count). The van der Waals surface area contributed by atoms with Crippen molar-refractivity contribution in [2.45, 2.75) is 19.8 Å². The number of nitrogens with zero attached hydrogens (tertiary/aromatic N) is 1. The third-order valence-corrected chi connectivity index (χ3v) is 2.94. The van der Waals surface area contributed by atoms with E-state index in [1.165, 1.54) is 6.92 Å². The van der Waals surface area contributed by atoms with Crippen LogP contribution in [0.5, 0.6) is 0 Å². The summed E-state index contributed by atoms with van der Waals surface area (Å²) in [6.45, 7) is 0.794. The van der Waals surface area contributed by atoms with E-state index < -0.39 is 18.5 Å². The van der Waals surface area contributed by atoms with E-state index in [2.05, 4.69) is 8.37 Å². The number of carbonyl (C=O) groups is 4. The van der Waals surface area contributed by atoms with Crippen molar-refractivity contribution in [1.82, 2.24) is 4.90 Å². The minimum absolute atomic E-state index is 0.126. The van der Waals surface area contributed by atoms with Gasteiger partial charge in [-0.3, -0.25) is 19.3 Å². The first-order valence-corrected chi connectivity index (χ1v) is 6.55. The third-order valence-electron chi connectivity index (χ3n) is 1.75. The lowest BCUT2D eigenvalue weighted by Crippen LogP contribution is -2.34. The zero-order valence-electron chi connectivity index (χ0n) is 8.83. The van der Waals surface area contributed by atoms with Crippen LogP contribution in [0.1, 0.15) is 19.8 Å². The van der Waals surface area contributed by atoms with Gasteiger partial charge in [-0.05, 0) is 0 Å². The zero-order valence-corrected chi connectivity index (χ0v) is 10.5. The average molecular weight is 279 g/mol. The van der Waals surface area contributed by atoms with Crippen LogP contribution in [0, 0.1) is 0 Å². The van der Waals surface area contributed by atoms with E-state index in [-0.39, 0.29) is 24.7 Å². The molecule has 0 spiro atoms. The summed E-state index contributed by atoms with van der Waals surface area (Å²) in [6.07, 6.45) is 0.253. The van der Waals surface area contributed by atoms with Gasteiger partial charge in [0.05, 0.1) is 0 Å². The van der Waals surface area contributed by atoms with Crippen LogP contribution in [0.4, 0.5) is 0 Å². The molecule has 1 saturated heterocycles. The van der Waals surface area contributed by atoms with Gasteiger partial charge in [0.25, 0.3) is 0 Å². The van der Waals surface area contributed by atoms with Gasteiger partial charge in [-0.15, -0.1) is 0 Å². The largest absolute Gasteiger partial charge is 0.376 e. The Morgan fingerprint density at radius 2 is 1.71 bits per heavy atom. The number of rotatable bonds is 5. The SMILES string of the molecule is CC(=O)OSSOC(=O)CN1C(=O)CCC1=O. The van der Waals surface area contributed by atoms with E-state index in [9.17, 15) is 19.2 Å². The summed E-state index contributed by atoms with van der Waals surface area (Å²) < 4.78 is 8.99. The number of hydrogen-bond acceptors (Lipinski definition) is 8. The standard InChI is InChI=1S/C8H9NO6S2/c1-5(10)14-16-17-15-8(13)4-9-6(11)2-3-7(9)12/h2-4H2,1H3. The first-order valence-electron chi connectivity index (χ1n) is 4.55. The van der Waals surface area contributed by atoms with E-state index in [4.69, 9.17) is 0 Å². The number of carbonyl (C=O) groups excluding carboxylic acids is 4. The Balaban J connectivity index is 2.23. The molecule has 0 aromatic heterocycles. The fourth-order valence-electron chi connectivity index (χ4n) is 1.07. The molecule has 7 nitrogen and oxygen atoms in total. The molecule has 1 heterocycles. The van der Waals surface area contributed by atoms with E-state index in [1.54, 1.807) is 0 Å². The summed E-state index contributed by atoms with van der Waals surface area (Å²) in [4.78, 5) is 44.7. The van der Waals surface area contributed by atoms with Crippen molar-refractivity contribution in [1.29, 1.82) is 0 Å². The molecular weight excluding hydrogens is 270 g/mol. The van der Waals surface area contributed by atoms with Crippen LogP contribution in [-0.4, -0.2) is 35.2 Å². The van der Waals surface area contributed by atoms with Crippen molar-refractivity contribution >= 4 is 45.9 Å². The smallest absolute Gasteiger partial charge is 0.339 e. The Bertz CT molecular complexity index is 342. The minimum Gasteiger partial charge on any atom is -0.376 e. The summed E-state index contributed by atoms with van der Waals surface area (Å²) in [5.41, 5.74) is 0. The molecule has 1 aliphatic rings. The summed E-state index contributed by atoms with van der Waals surface area (Å²) in [5.74, 6) is -2.05. The molecule has 17 heavy (non-hydrogen) atoms. The average Bonchev–Trinajstić information content (AvgIpc) is 2.56. The quantitative estimate of drug-likeness (QED) is 0.310. The van der Waals surface area contributed by atoms with E-state index in [0.717, 1.165) is 4.90 Å². The molecule has 0 aliphatic carbocycles. The number of hydrogen-bond donors (Lipinski definition) is 0. The second-order valence-electron chi connectivity index (χ2n) is 3.04. The number of likely N-dealkylation sites (tertiary alicyclic amines) is 1. The lowest BCUT2D eigenvalue weighted by atomic mass is 10.4. The predicted molar refractivity (Wildman–Crippen MR) is 59.0 cm³/mol. The summed E-state index contributed by atoms with van der Waals surface area (Å²) in [5, 5.41) is 0. The summed E-state index contributed by atoms with van der Waals surface area (Å²) in [7, 11) is 0. The Kier molecular flexibility index (Phi) is 5.29. The highest BCUT2D eigenvalue weighted by Crippen LogP contribution is 2.24. The molecule has 0 aromatic rings. The molecule has 9 heteroatoms. The fourth-order valence-corrected chi connectivity index (χ4v) is 2.03. The monoisotopic (exact) mass is 279 g/mol. The molecule has 0 saturated carbocycles. The van der Waals surface area contributed by atoms with Crippen molar-refractivity contribution in [3.05, 3.63) is 0 Å². The molecule has 0 radical (unpaired) electrons. The molecule has 0 unspecified atom stereocenters. The van der Waals surface area contributed by atoms with E-state index in [0.29, 0.717) is 22.1 Å². The van der Waals surface area contributed by atoms with Gasteiger partial charge in [0.15, 0.2) is 22.1 Å². The van der Waals surface area contributed by atoms with Crippen molar-refractivity contribution in [3.8, 4) is 0 Å². The molecule has 2 amide bonds. The van der Waals surface area contributed by atoms with Crippen LogP contribution in [0.25, 0.3) is 0 Å². The highest BCUT2D eigenvalue weighted by Gasteiger charge is 2.31. The van der Waals surface area contributed by atoms with Crippen LogP contribution >= 0.6 is 22.1 Å². The summed E-state index contributed by atoms with van der Waals surface area (Å²) >= 11 is 1.14. The number of amides is 2. The van der Waals surface area contributed by atoms with Gasteiger partial charge in [-0.1, -0.05) is 0 Å². The number of imide groups is 1. The lowest BCUT2D eigenvalue weighted by molar-refractivity contribution is -0.146. The van der Waals surface area contributed by atoms with E-state index >= 15 is 0 Å². The fraction of sp³-hybridized carbons (Fsp3) is 0.500. The molecule has 0 atom stereocenters. The Morgan fingerprint density at radius 3 is 2.24 bits per heavy atom.